The van der Waals surface area contributed by atoms with Crippen molar-refractivity contribution in [2.45, 2.75) is 20.0 Å². The highest BCUT2D eigenvalue weighted by Crippen LogP contribution is 2.26. The monoisotopic (exact) mass is 359 g/mol. The van der Waals surface area contributed by atoms with Gasteiger partial charge in [0.05, 0.1) is 16.3 Å². The fourth-order valence-corrected chi connectivity index (χ4v) is 2.36. The standard InChI is InChI=1S/C17H14ClN3O4/c1-2-14-19-10(7-15(22)21-14)8-25-17(23)13-9-24-16(20-13)11-5-3-4-6-12(11)18/h3-7,9H,2,8H2,1H3,(H,19,21,22). The van der Waals surface area contributed by atoms with Gasteiger partial charge in [-0.05, 0) is 12.1 Å². The molecule has 0 bridgehead atoms. The van der Waals surface area contributed by atoms with Crippen LogP contribution >= 0.6 is 11.6 Å². The molecule has 3 rings (SSSR count). The van der Waals surface area contributed by atoms with E-state index in [1.807, 2.05) is 6.92 Å². The average Bonchev–Trinajstić information content (AvgIpc) is 3.09. The van der Waals surface area contributed by atoms with E-state index in [-0.39, 0.29) is 23.8 Å². The maximum Gasteiger partial charge on any atom is 0.360 e. The van der Waals surface area contributed by atoms with E-state index in [1.165, 1.54) is 12.3 Å². The molecular weight excluding hydrogens is 346 g/mol. The van der Waals surface area contributed by atoms with Gasteiger partial charge >= 0.3 is 5.97 Å². The van der Waals surface area contributed by atoms with Gasteiger partial charge in [0.15, 0.2) is 5.69 Å². The van der Waals surface area contributed by atoms with Gasteiger partial charge in [-0.3, -0.25) is 4.79 Å². The lowest BCUT2D eigenvalue weighted by Crippen LogP contribution is -2.14. The minimum Gasteiger partial charge on any atom is -0.454 e. The first kappa shape index (κ1) is 16.9. The molecule has 0 saturated carbocycles. The van der Waals surface area contributed by atoms with Crippen molar-refractivity contribution in [3.63, 3.8) is 0 Å². The third-order valence-electron chi connectivity index (χ3n) is 3.35. The number of aromatic nitrogens is 3. The molecule has 1 N–H and O–H groups in total. The summed E-state index contributed by atoms with van der Waals surface area (Å²) in [4.78, 5) is 34.5. The molecule has 8 heteroatoms. The lowest BCUT2D eigenvalue weighted by molar-refractivity contribution is 0.0460. The van der Waals surface area contributed by atoms with Crippen molar-refractivity contribution in [3.8, 4) is 11.5 Å². The number of benzene rings is 1. The number of nitrogens with zero attached hydrogens (tertiary/aromatic N) is 2. The molecule has 0 atom stereocenters. The van der Waals surface area contributed by atoms with Crippen LogP contribution in [0.4, 0.5) is 0 Å². The average molecular weight is 360 g/mol. The number of halogens is 1. The van der Waals surface area contributed by atoms with E-state index < -0.39 is 5.97 Å². The second-order valence-corrected chi connectivity index (χ2v) is 5.54. The van der Waals surface area contributed by atoms with Crippen molar-refractivity contribution < 1.29 is 13.9 Å². The fourth-order valence-electron chi connectivity index (χ4n) is 2.14. The van der Waals surface area contributed by atoms with Crippen molar-refractivity contribution in [2.75, 3.05) is 0 Å². The number of aromatic amines is 1. The molecule has 0 spiro atoms. The van der Waals surface area contributed by atoms with Gasteiger partial charge in [0.25, 0.3) is 5.56 Å². The summed E-state index contributed by atoms with van der Waals surface area (Å²) in [6, 6.07) is 8.28. The summed E-state index contributed by atoms with van der Waals surface area (Å²) in [6.45, 7) is 1.73. The van der Waals surface area contributed by atoms with Gasteiger partial charge in [0.1, 0.15) is 18.7 Å². The highest BCUT2D eigenvalue weighted by molar-refractivity contribution is 6.33. The van der Waals surface area contributed by atoms with Crippen molar-refractivity contribution >= 4 is 17.6 Å². The summed E-state index contributed by atoms with van der Waals surface area (Å²) in [6.07, 6.45) is 1.77. The Kier molecular flexibility index (Phi) is 4.95. The number of hydrogen-bond donors (Lipinski definition) is 1. The molecule has 0 unspecified atom stereocenters. The smallest absolute Gasteiger partial charge is 0.360 e. The number of esters is 1. The van der Waals surface area contributed by atoms with Crippen molar-refractivity contribution in [1.82, 2.24) is 15.0 Å². The van der Waals surface area contributed by atoms with Gasteiger partial charge in [-0.25, -0.2) is 14.8 Å². The molecule has 2 aromatic heterocycles. The Morgan fingerprint density at radius 3 is 2.88 bits per heavy atom. The Balaban J connectivity index is 1.71. The van der Waals surface area contributed by atoms with E-state index in [0.717, 1.165) is 0 Å². The normalized spacial score (nSPS) is 10.6. The number of oxazole rings is 1. The molecule has 0 fully saturated rings. The highest BCUT2D eigenvalue weighted by Gasteiger charge is 2.16. The summed E-state index contributed by atoms with van der Waals surface area (Å²) in [5.41, 5.74) is 0.659. The second kappa shape index (κ2) is 7.31. The third-order valence-corrected chi connectivity index (χ3v) is 3.68. The van der Waals surface area contributed by atoms with E-state index in [9.17, 15) is 9.59 Å². The molecule has 0 saturated heterocycles. The van der Waals surface area contributed by atoms with Crippen LogP contribution in [-0.4, -0.2) is 20.9 Å². The number of rotatable bonds is 5. The topological polar surface area (TPSA) is 98.1 Å². The number of aryl methyl sites for hydroxylation is 1. The Bertz CT molecular complexity index is 964. The largest absolute Gasteiger partial charge is 0.454 e. The van der Waals surface area contributed by atoms with Crippen LogP contribution in [0.2, 0.25) is 5.02 Å². The zero-order chi connectivity index (χ0) is 17.8. The fraction of sp³-hybridized carbons (Fsp3) is 0.176. The lowest BCUT2D eigenvalue weighted by atomic mass is 10.2. The van der Waals surface area contributed by atoms with Gasteiger partial charge < -0.3 is 14.1 Å². The quantitative estimate of drug-likeness (QED) is 0.703. The van der Waals surface area contributed by atoms with E-state index in [2.05, 4.69) is 15.0 Å². The molecule has 128 valence electrons. The number of carbonyl (C=O) groups is 1. The molecule has 0 amide bonds. The molecule has 1 aromatic carbocycles. The van der Waals surface area contributed by atoms with Crippen LogP contribution in [0.1, 0.15) is 28.9 Å². The first-order valence-corrected chi connectivity index (χ1v) is 7.91. The molecule has 0 radical (unpaired) electrons. The first-order chi connectivity index (χ1) is 12.1. The van der Waals surface area contributed by atoms with Crippen LogP contribution in [0.25, 0.3) is 11.5 Å². The Labute approximate surface area is 147 Å². The Morgan fingerprint density at radius 1 is 1.32 bits per heavy atom. The minimum absolute atomic E-state index is 0.00970. The molecule has 0 aliphatic rings. The molecule has 25 heavy (non-hydrogen) atoms. The van der Waals surface area contributed by atoms with Gasteiger partial charge in [-0.1, -0.05) is 30.7 Å². The van der Waals surface area contributed by atoms with Gasteiger partial charge in [0.2, 0.25) is 5.89 Å². The Morgan fingerprint density at radius 2 is 2.12 bits per heavy atom. The van der Waals surface area contributed by atoms with Crippen LogP contribution in [0, 0.1) is 0 Å². The summed E-state index contributed by atoms with van der Waals surface area (Å²) >= 11 is 6.08. The SMILES string of the molecule is CCc1nc(COC(=O)c2coc(-c3ccccc3Cl)n2)cc(=O)[nH]1. The zero-order valence-corrected chi connectivity index (χ0v) is 14.0. The van der Waals surface area contributed by atoms with E-state index in [4.69, 9.17) is 20.8 Å². The maximum absolute atomic E-state index is 12.1. The summed E-state index contributed by atoms with van der Waals surface area (Å²) < 4.78 is 10.4. The van der Waals surface area contributed by atoms with E-state index >= 15 is 0 Å². The molecule has 3 aromatic rings. The van der Waals surface area contributed by atoms with Crippen LogP contribution in [0.5, 0.6) is 0 Å². The van der Waals surface area contributed by atoms with Crippen molar-refractivity contribution in [2.24, 2.45) is 0 Å². The molecule has 0 aliphatic heterocycles. The van der Waals surface area contributed by atoms with Crippen LogP contribution in [-0.2, 0) is 17.8 Å². The summed E-state index contributed by atoms with van der Waals surface area (Å²) in [7, 11) is 0. The highest BCUT2D eigenvalue weighted by atomic mass is 35.5. The van der Waals surface area contributed by atoms with Gasteiger partial charge in [-0.15, -0.1) is 0 Å². The van der Waals surface area contributed by atoms with Crippen molar-refractivity contribution in [1.29, 1.82) is 0 Å². The predicted octanol–water partition coefficient (Wildman–Crippen LogP) is 3.00. The molecular formula is C17H14ClN3O4. The summed E-state index contributed by atoms with van der Waals surface area (Å²) in [5, 5.41) is 0.462. The molecule has 0 aliphatic carbocycles. The number of carbonyl (C=O) groups excluding carboxylic acids is 1. The maximum atomic E-state index is 12.1. The third kappa shape index (κ3) is 3.95. The zero-order valence-electron chi connectivity index (χ0n) is 13.3. The van der Waals surface area contributed by atoms with Crippen molar-refractivity contribution in [3.05, 3.63) is 69.2 Å². The summed E-state index contributed by atoms with van der Waals surface area (Å²) in [5.74, 6) is 0.0725. The van der Waals surface area contributed by atoms with Crippen LogP contribution < -0.4 is 5.56 Å². The molecule has 7 nitrogen and oxygen atoms in total. The van der Waals surface area contributed by atoms with Gasteiger partial charge in [0, 0.05) is 12.5 Å². The predicted molar refractivity (Wildman–Crippen MR) is 90.3 cm³/mol. The minimum atomic E-state index is -0.679. The number of H-pyrrole nitrogens is 1. The van der Waals surface area contributed by atoms with E-state index in [1.54, 1.807) is 24.3 Å². The van der Waals surface area contributed by atoms with E-state index in [0.29, 0.717) is 28.5 Å². The number of nitrogens with one attached hydrogen (secondary N) is 1. The second-order valence-electron chi connectivity index (χ2n) is 5.13. The van der Waals surface area contributed by atoms with Crippen LogP contribution in [0.3, 0.4) is 0 Å². The van der Waals surface area contributed by atoms with Gasteiger partial charge in [-0.2, -0.15) is 0 Å². The lowest BCUT2D eigenvalue weighted by Gasteiger charge is -2.03. The number of hydrogen-bond acceptors (Lipinski definition) is 6. The Hall–Kier alpha value is -2.93. The van der Waals surface area contributed by atoms with Crippen LogP contribution in [0.15, 0.2) is 45.8 Å². The first-order valence-electron chi connectivity index (χ1n) is 7.53. The molecule has 2 heterocycles. The number of ether oxygens (including phenoxy) is 1.